The Labute approximate surface area is 174 Å². The highest BCUT2D eigenvalue weighted by Gasteiger charge is 2.30. The van der Waals surface area contributed by atoms with Crippen molar-refractivity contribution in [1.82, 2.24) is 15.0 Å². The van der Waals surface area contributed by atoms with E-state index in [-0.39, 0.29) is 24.0 Å². The number of anilines is 1. The summed E-state index contributed by atoms with van der Waals surface area (Å²) < 4.78 is 5.14. The number of amides is 1. The number of rotatable bonds is 5. The highest BCUT2D eigenvalue weighted by Crippen LogP contribution is 2.33. The van der Waals surface area contributed by atoms with Gasteiger partial charge in [0.05, 0.1) is 17.9 Å². The zero-order valence-corrected chi connectivity index (χ0v) is 16.9. The molecule has 0 bridgehead atoms. The Morgan fingerprint density at radius 2 is 2.17 bits per heavy atom. The molecule has 1 saturated carbocycles. The number of hydrogen-bond donors (Lipinski definition) is 3. The van der Waals surface area contributed by atoms with Gasteiger partial charge >= 0.3 is 5.97 Å². The van der Waals surface area contributed by atoms with E-state index in [4.69, 9.17) is 4.74 Å². The number of esters is 1. The molecule has 0 radical (unpaired) electrons. The summed E-state index contributed by atoms with van der Waals surface area (Å²) in [5.41, 5.74) is 2.46. The summed E-state index contributed by atoms with van der Waals surface area (Å²) >= 11 is 1.36. The molecule has 0 atom stereocenters. The Balaban J connectivity index is 1.60. The lowest BCUT2D eigenvalue weighted by Gasteiger charge is -2.05. The molecule has 3 aromatic heterocycles. The minimum Gasteiger partial charge on any atom is -0.462 e. The summed E-state index contributed by atoms with van der Waals surface area (Å²) in [5.74, 6) is -0.363. The van der Waals surface area contributed by atoms with Gasteiger partial charge in [-0.1, -0.05) is 6.07 Å². The Kier molecular flexibility index (Phi) is 4.39. The SMILES string of the molecule is CCOC(=O)c1c[nH]c2c(=O)[nH]c3ccc(-c4csc(NC(=O)C5CC5)n4)cc3c12. The molecule has 3 N–H and O–H groups in total. The molecular weight excluding hydrogens is 404 g/mol. The number of pyridine rings is 1. The number of carbonyl (C=O) groups excluding carboxylic acids is 2. The molecule has 4 aromatic rings. The lowest BCUT2D eigenvalue weighted by molar-refractivity contribution is -0.117. The van der Waals surface area contributed by atoms with Gasteiger partial charge in [-0.2, -0.15) is 0 Å². The van der Waals surface area contributed by atoms with Crippen LogP contribution in [0.25, 0.3) is 33.1 Å². The third kappa shape index (κ3) is 3.17. The van der Waals surface area contributed by atoms with E-state index in [2.05, 4.69) is 20.3 Å². The first-order valence-corrected chi connectivity index (χ1v) is 10.5. The molecule has 0 aliphatic heterocycles. The maximum absolute atomic E-state index is 12.4. The molecule has 1 aromatic carbocycles. The summed E-state index contributed by atoms with van der Waals surface area (Å²) in [6, 6.07) is 5.52. The normalized spacial score (nSPS) is 13.6. The van der Waals surface area contributed by atoms with Gasteiger partial charge in [0.2, 0.25) is 5.91 Å². The van der Waals surface area contributed by atoms with Crippen molar-refractivity contribution in [2.45, 2.75) is 19.8 Å². The third-order valence-corrected chi connectivity index (χ3v) is 5.88. The number of H-pyrrole nitrogens is 2. The highest BCUT2D eigenvalue weighted by atomic mass is 32.1. The standard InChI is InChI=1S/C21H18N4O4S/c1-2-29-20(28)13-8-22-17-16(13)12-7-11(5-6-14(12)23-19(17)27)15-9-30-21(24-15)25-18(26)10-3-4-10/h5-10,22H,2-4H2,1H3,(H,23,27)(H,24,25,26). The molecule has 0 spiro atoms. The van der Waals surface area contributed by atoms with Crippen molar-refractivity contribution in [2.75, 3.05) is 11.9 Å². The minimum atomic E-state index is -0.486. The summed E-state index contributed by atoms with van der Waals surface area (Å²) in [5, 5.41) is 6.52. The average Bonchev–Trinajstić information content (AvgIpc) is 3.32. The monoisotopic (exact) mass is 422 g/mol. The van der Waals surface area contributed by atoms with E-state index in [1.807, 2.05) is 17.5 Å². The first kappa shape index (κ1) is 18.6. The second-order valence-electron chi connectivity index (χ2n) is 7.19. The number of nitrogens with one attached hydrogen (secondary N) is 3. The lowest BCUT2D eigenvalue weighted by Crippen LogP contribution is -2.12. The molecule has 0 unspecified atom stereocenters. The van der Waals surface area contributed by atoms with Gasteiger partial charge in [0, 0.05) is 39.3 Å². The molecule has 9 heteroatoms. The Bertz CT molecular complexity index is 1360. The summed E-state index contributed by atoms with van der Waals surface area (Å²) in [4.78, 5) is 47.0. The van der Waals surface area contributed by atoms with E-state index in [0.29, 0.717) is 38.2 Å². The van der Waals surface area contributed by atoms with Crippen LogP contribution in [0.1, 0.15) is 30.1 Å². The number of nitrogens with zero attached hydrogens (tertiary/aromatic N) is 1. The van der Waals surface area contributed by atoms with Crippen molar-refractivity contribution in [3.63, 3.8) is 0 Å². The average molecular weight is 422 g/mol. The van der Waals surface area contributed by atoms with E-state index >= 15 is 0 Å². The number of carbonyl (C=O) groups is 2. The van der Waals surface area contributed by atoms with Gasteiger partial charge in [0.1, 0.15) is 5.52 Å². The maximum atomic E-state index is 12.4. The quantitative estimate of drug-likeness (QED) is 0.424. The van der Waals surface area contributed by atoms with Gasteiger partial charge in [-0.15, -0.1) is 11.3 Å². The number of thiazole rings is 1. The molecule has 5 rings (SSSR count). The van der Waals surface area contributed by atoms with E-state index in [9.17, 15) is 14.4 Å². The third-order valence-electron chi connectivity index (χ3n) is 5.12. The molecule has 3 heterocycles. The number of hydrogen-bond acceptors (Lipinski definition) is 6. The van der Waals surface area contributed by atoms with Crippen molar-refractivity contribution in [1.29, 1.82) is 0 Å². The molecule has 1 aliphatic carbocycles. The van der Waals surface area contributed by atoms with E-state index in [0.717, 1.165) is 18.4 Å². The van der Waals surface area contributed by atoms with Crippen LogP contribution in [0.3, 0.4) is 0 Å². The molecule has 8 nitrogen and oxygen atoms in total. The molecule has 30 heavy (non-hydrogen) atoms. The fourth-order valence-corrected chi connectivity index (χ4v) is 4.20. The number of aromatic amines is 2. The van der Waals surface area contributed by atoms with E-state index < -0.39 is 5.97 Å². The summed E-state index contributed by atoms with van der Waals surface area (Å²) in [7, 11) is 0. The van der Waals surface area contributed by atoms with Gasteiger partial charge in [0.15, 0.2) is 5.13 Å². The Hall–Kier alpha value is -3.46. The fraction of sp³-hybridized carbons (Fsp3) is 0.238. The van der Waals surface area contributed by atoms with Crippen molar-refractivity contribution in [3.05, 3.63) is 45.7 Å². The van der Waals surface area contributed by atoms with Crippen LogP contribution < -0.4 is 10.9 Å². The Morgan fingerprint density at radius 3 is 2.93 bits per heavy atom. The molecule has 1 amide bonds. The lowest BCUT2D eigenvalue weighted by atomic mass is 10.0. The van der Waals surface area contributed by atoms with Crippen molar-refractivity contribution < 1.29 is 14.3 Å². The zero-order chi connectivity index (χ0) is 20.8. The number of ether oxygens (including phenoxy) is 1. The molecule has 0 saturated heterocycles. The van der Waals surface area contributed by atoms with Crippen LogP contribution in [-0.2, 0) is 9.53 Å². The molecule has 1 fully saturated rings. The number of benzene rings is 1. The first-order chi connectivity index (χ1) is 14.5. The van der Waals surface area contributed by atoms with Crippen LogP contribution in [0.5, 0.6) is 0 Å². The van der Waals surface area contributed by atoms with Gasteiger partial charge in [0.25, 0.3) is 5.56 Å². The molecular formula is C21H18N4O4S. The van der Waals surface area contributed by atoms with Crippen LogP contribution in [0.2, 0.25) is 0 Å². The van der Waals surface area contributed by atoms with Gasteiger partial charge in [-0.25, -0.2) is 9.78 Å². The van der Waals surface area contributed by atoms with Crippen LogP contribution >= 0.6 is 11.3 Å². The maximum Gasteiger partial charge on any atom is 0.340 e. The van der Waals surface area contributed by atoms with Crippen LogP contribution in [-0.4, -0.2) is 33.4 Å². The predicted molar refractivity (Wildman–Crippen MR) is 115 cm³/mol. The van der Waals surface area contributed by atoms with E-state index in [1.165, 1.54) is 17.5 Å². The Morgan fingerprint density at radius 1 is 1.33 bits per heavy atom. The summed E-state index contributed by atoms with van der Waals surface area (Å²) in [6.07, 6.45) is 3.36. The first-order valence-electron chi connectivity index (χ1n) is 9.66. The second-order valence-corrected chi connectivity index (χ2v) is 8.05. The van der Waals surface area contributed by atoms with Crippen molar-refractivity contribution >= 4 is 50.2 Å². The van der Waals surface area contributed by atoms with Gasteiger partial charge in [-0.3, -0.25) is 9.59 Å². The zero-order valence-electron chi connectivity index (χ0n) is 16.1. The van der Waals surface area contributed by atoms with Crippen LogP contribution in [0.4, 0.5) is 5.13 Å². The number of fused-ring (bicyclic) bond motifs is 3. The van der Waals surface area contributed by atoms with Crippen molar-refractivity contribution in [2.24, 2.45) is 5.92 Å². The smallest absolute Gasteiger partial charge is 0.340 e. The van der Waals surface area contributed by atoms with Gasteiger partial charge in [-0.05, 0) is 31.9 Å². The molecule has 1 aliphatic rings. The van der Waals surface area contributed by atoms with Crippen LogP contribution in [0.15, 0.2) is 34.6 Å². The number of aromatic nitrogens is 3. The van der Waals surface area contributed by atoms with Gasteiger partial charge < -0.3 is 20.0 Å². The second kappa shape index (κ2) is 7.10. The molecule has 152 valence electrons. The van der Waals surface area contributed by atoms with E-state index in [1.54, 1.807) is 13.0 Å². The topological polar surface area (TPSA) is 117 Å². The predicted octanol–water partition coefficient (Wildman–Crippen LogP) is 3.66. The summed E-state index contributed by atoms with van der Waals surface area (Å²) in [6.45, 7) is 1.98. The fourth-order valence-electron chi connectivity index (χ4n) is 3.47. The van der Waals surface area contributed by atoms with Crippen LogP contribution in [0, 0.1) is 5.92 Å². The van der Waals surface area contributed by atoms with Crippen molar-refractivity contribution in [3.8, 4) is 11.3 Å². The highest BCUT2D eigenvalue weighted by molar-refractivity contribution is 7.14. The minimum absolute atomic E-state index is 0.0140. The largest absolute Gasteiger partial charge is 0.462 e.